The Kier molecular flexibility index (Phi) is 5.91. The van der Waals surface area contributed by atoms with E-state index < -0.39 is 0 Å². The fraction of sp³-hybridized carbons (Fsp3) is 1.00. The van der Waals surface area contributed by atoms with Crippen LogP contribution in [-0.4, -0.2) is 12.3 Å². The molecular weight excluding hydrogens is 108 g/mol. The number of nitrogens with zero attached hydrogens (tertiary/aromatic N) is 2. The summed E-state index contributed by atoms with van der Waals surface area (Å²) in [5, 5.41) is 3.75. The monoisotopic (exact) mass is 118 g/mol. The first-order valence-electron chi connectivity index (χ1n) is 2.40. The summed E-state index contributed by atoms with van der Waals surface area (Å²) in [5.41, 5.74) is 0. The summed E-state index contributed by atoms with van der Waals surface area (Å²) in [6.07, 6.45) is 0. The lowest BCUT2D eigenvalue weighted by Gasteiger charge is -1.78. The van der Waals surface area contributed by atoms with E-state index in [4.69, 9.17) is 0 Å². The number of rotatable bonds is 3. The molecule has 0 heterocycles. The Labute approximate surface area is 48.5 Å². The fourth-order valence-electron chi connectivity index (χ4n) is 0.156. The molecule has 42 valence electrons. The van der Waals surface area contributed by atoms with Crippen LogP contribution < -0.4 is 0 Å². The van der Waals surface area contributed by atoms with E-state index in [9.17, 15) is 0 Å². The van der Waals surface area contributed by atoms with Crippen LogP contribution in [0.15, 0.2) is 9.63 Å². The summed E-state index contributed by atoms with van der Waals surface area (Å²) in [4.78, 5) is 0. The highest BCUT2D eigenvalue weighted by Crippen LogP contribution is 1.99. The van der Waals surface area contributed by atoms with Gasteiger partial charge in [0, 0.05) is 5.75 Å². The highest BCUT2D eigenvalue weighted by molar-refractivity contribution is 7.97. The van der Waals surface area contributed by atoms with E-state index in [0.717, 1.165) is 12.3 Å². The smallest absolute Gasteiger partial charge is 0.0581 e. The van der Waals surface area contributed by atoms with Crippen LogP contribution in [0.3, 0.4) is 0 Å². The summed E-state index contributed by atoms with van der Waals surface area (Å²) in [6, 6.07) is 0. The third kappa shape index (κ3) is 5.95. The molecule has 0 N–H and O–H groups in total. The summed E-state index contributed by atoms with van der Waals surface area (Å²) in [7, 11) is 0. The van der Waals surface area contributed by atoms with Gasteiger partial charge in [0.05, 0.1) is 6.54 Å². The van der Waals surface area contributed by atoms with Crippen molar-refractivity contribution < 1.29 is 0 Å². The zero-order chi connectivity index (χ0) is 5.54. The average Bonchev–Trinajstić information content (AvgIpc) is 1.69. The van der Waals surface area contributed by atoms with E-state index in [0.29, 0.717) is 0 Å². The van der Waals surface area contributed by atoms with E-state index >= 15 is 0 Å². The lowest BCUT2D eigenvalue weighted by atomic mass is 10.8. The first kappa shape index (κ1) is 6.95. The Morgan fingerprint density at radius 1 is 1.43 bits per heavy atom. The number of hydrogen-bond acceptors (Lipinski definition) is 3. The van der Waals surface area contributed by atoms with Gasteiger partial charge in [0.25, 0.3) is 0 Å². The zero-order valence-corrected chi connectivity index (χ0v) is 5.53. The molecule has 0 aromatic rings. The first-order chi connectivity index (χ1) is 3.41. The van der Waals surface area contributed by atoms with Crippen molar-refractivity contribution in [3.05, 3.63) is 0 Å². The van der Waals surface area contributed by atoms with Crippen molar-refractivity contribution in [2.45, 2.75) is 13.8 Å². The second-order valence-electron chi connectivity index (χ2n) is 0.957. The van der Waals surface area contributed by atoms with Crippen LogP contribution in [0.1, 0.15) is 13.8 Å². The van der Waals surface area contributed by atoms with Gasteiger partial charge in [0.15, 0.2) is 0 Å². The Balaban J connectivity index is 2.78. The highest BCUT2D eigenvalue weighted by Gasteiger charge is 1.69. The molecule has 0 radical (unpaired) electrons. The molecule has 0 spiro atoms. The van der Waals surface area contributed by atoms with Crippen molar-refractivity contribution >= 4 is 11.9 Å². The fourth-order valence-corrected chi connectivity index (χ4v) is 0.469. The first-order valence-corrected chi connectivity index (χ1v) is 3.34. The quantitative estimate of drug-likeness (QED) is 0.411. The Morgan fingerprint density at radius 2 is 2.14 bits per heavy atom. The zero-order valence-electron chi connectivity index (χ0n) is 4.72. The standard InChI is InChI=1S/C4H10N2S/c1-3-5-6-7-4-2/h3-4H2,1-2H3. The van der Waals surface area contributed by atoms with E-state index in [-0.39, 0.29) is 0 Å². The summed E-state index contributed by atoms with van der Waals surface area (Å²) in [5.74, 6) is 1.02. The molecule has 0 rings (SSSR count). The third-order valence-corrected chi connectivity index (χ3v) is 0.875. The van der Waals surface area contributed by atoms with Crippen LogP contribution in [0.25, 0.3) is 0 Å². The van der Waals surface area contributed by atoms with Gasteiger partial charge in [-0.15, -0.1) is 4.52 Å². The maximum Gasteiger partial charge on any atom is 0.0581 e. The van der Waals surface area contributed by atoms with Crippen LogP contribution in [0.4, 0.5) is 0 Å². The molecule has 0 atom stereocenters. The minimum Gasteiger partial charge on any atom is -0.182 e. The van der Waals surface area contributed by atoms with Gasteiger partial charge in [-0.1, -0.05) is 6.92 Å². The third-order valence-electron chi connectivity index (χ3n) is 0.386. The molecule has 3 heteroatoms. The molecule has 0 aromatic carbocycles. The van der Waals surface area contributed by atoms with Crippen LogP contribution in [0.5, 0.6) is 0 Å². The molecule has 0 unspecified atom stereocenters. The highest BCUT2D eigenvalue weighted by atomic mass is 32.2. The lowest BCUT2D eigenvalue weighted by Crippen LogP contribution is -1.61. The predicted molar refractivity (Wildman–Crippen MR) is 33.5 cm³/mol. The minimum atomic E-state index is 0.799. The van der Waals surface area contributed by atoms with E-state index in [1.807, 2.05) is 6.92 Å². The van der Waals surface area contributed by atoms with Crippen molar-refractivity contribution in [2.24, 2.45) is 9.63 Å². The maximum absolute atomic E-state index is 3.75. The van der Waals surface area contributed by atoms with Crippen molar-refractivity contribution in [3.63, 3.8) is 0 Å². The van der Waals surface area contributed by atoms with Gasteiger partial charge in [-0.2, -0.15) is 5.11 Å². The Bertz CT molecular complexity index is 53.7. The summed E-state index contributed by atoms with van der Waals surface area (Å²) in [6.45, 7) is 4.83. The SMILES string of the molecule is CCN=NSCC. The van der Waals surface area contributed by atoms with Gasteiger partial charge >= 0.3 is 0 Å². The van der Waals surface area contributed by atoms with Gasteiger partial charge in [-0.3, -0.25) is 0 Å². The lowest BCUT2D eigenvalue weighted by molar-refractivity contribution is 1.04. The molecule has 0 aromatic heterocycles. The molecule has 0 aliphatic heterocycles. The van der Waals surface area contributed by atoms with Gasteiger partial charge in [-0.05, 0) is 18.9 Å². The molecule has 0 saturated carbocycles. The van der Waals surface area contributed by atoms with Crippen LogP contribution in [0, 0.1) is 0 Å². The molecule has 0 saturated heterocycles. The average molecular weight is 118 g/mol. The minimum absolute atomic E-state index is 0.799. The van der Waals surface area contributed by atoms with Crippen molar-refractivity contribution in [2.75, 3.05) is 12.3 Å². The van der Waals surface area contributed by atoms with Crippen LogP contribution in [-0.2, 0) is 0 Å². The van der Waals surface area contributed by atoms with Gasteiger partial charge in [0.2, 0.25) is 0 Å². The van der Waals surface area contributed by atoms with E-state index in [1.165, 1.54) is 11.9 Å². The van der Waals surface area contributed by atoms with E-state index in [2.05, 4.69) is 16.6 Å². The summed E-state index contributed by atoms with van der Waals surface area (Å²) >= 11 is 1.49. The second kappa shape index (κ2) is 5.95. The molecule has 0 fully saturated rings. The van der Waals surface area contributed by atoms with Gasteiger partial charge in [0.1, 0.15) is 0 Å². The molecule has 0 amide bonds. The number of hydrogen-bond donors (Lipinski definition) is 0. The maximum atomic E-state index is 3.75. The van der Waals surface area contributed by atoms with E-state index in [1.54, 1.807) is 0 Å². The van der Waals surface area contributed by atoms with Gasteiger partial charge < -0.3 is 0 Å². The second-order valence-corrected chi connectivity index (χ2v) is 1.96. The van der Waals surface area contributed by atoms with Crippen molar-refractivity contribution in [1.29, 1.82) is 0 Å². The van der Waals surface area contributed by atoms with Crippen molar-refractivity contribution in [1.82, 2.24) is 0 Å². The van der Waals surface area contributed by atoms with Crippen molar-refractivity contribution in [3.8, 4) is 0 Å². The summed E-state index contributed by atoms with van der Waals surface area (Å²) < 4.78 is 3.75. The normalized spacial score (nSPS) is 10.6. The predicted octanol–water partition coefficient (Wildman–Crippen LogP) is 2.13. The molecule has 0 aliphatic carbocycles. The molecule has 2 nitrogen and oxygen atoms in total. The van der Waals surface area contributed by atoms with Crippen LogP contribution >= 0.6 is 11.9 Å². The molecular formula is C4H10N2S. The van der Waals surface area contributed by atoms with Gasteiger partial charge in [-0.25, -0.2) is 0 Å². The molecule has 7 heavy (non-hydrogen) atoms. The molecule has 0 aliphatic rings. The van der Waals surface area contributed by atoms with Crippen LogP contribution in [0.2, 0.25) is 0 Å². The molecule has 0 bridgehead atoms. The Hall–Kier alpha value is -0.0500. The largest absolute Gasteiger partial charge is 0.182 e. The topological polar surface area (TPSA) is 24.7 Å². The Morgan fingerprint density at radius 3 is 2.57 bits per heavy atom.